The van der Waals surface area contributed by atoms with Gasteiger partial charge in [0.15, 0.2) is 11.4 Å². The lowest BCUT2D eigenvalue weighted by Crippen LogP contribution is -2.71. The molecule has 0 amide bonds. The third-order valence-corrected chi connectivity index (χ3v) is 10.5. The first-order chi connectivity index (χ1) is 23.7. The molecule has 0 saturated heterocycles. The molecular weight excluding hydrogens is 634 g/mol. The van der Waals surface area contributed by atoms with Crippen molar-refractivity contribution in [3.05, 3.63) is 106 Å². The van der Waals surface area contributed by atoms with E-state index in [-0.39, 0.29) is 21.7 Å². The molecule has 4 aliphatic heterocycles. The van der Waals surface area contributed by atoms with E-state index in [4.69, 9.17) is 23.2 Å². The molecule has 0 aliphatic carbocycles. The van der Waals surface area contributed by atoms with Crippen LogP contribution in [0.1, 0.15) is 116 Å². The predicted octanol–water partition coefficient (Wildman–Crippen LogP) is 9.56. The Labute approximate surface area is 302 Å². The lowest BCUT2D eigenvalue weighted by Gasteiger charge is -2.45. The maximum absolute atomic E-state index is 7.39. The van der Waals surface area contributed by atoms with Crippen molar-refractivity contribution in [1.82, 2.24) is 0 Å². The minimum Gasteiger partial charge on any atom is -0.596 e. The van der Waals surface area contributed by atoms with Gasteiger partial charge in [0.1, 0.15) is 23.9 Å². The van der Waals surface area contributed by atoms with Gasteiger partial charge in [-0.2, -0.15) is 0 Å². The second-order valence-corrected chi connectivity index (χ2v) is 18.7. The van der Waals surface area contributed by atoms with Gasteiger partial charge in [-0.15, -0.1) is 0 Å². The second kappa shape index (κ2) is 10.5. The van der Waals surface area contributed by atoms with Crippen LogP contribution >= 0.6 is 0 Å². The number of hydrogen-bond donors (Lipinski definition) is 0. The molecule has 8 rings (SSSR count). The van der Waals surface area contributed by atoms with Gasteiger partial charge in [-0.3, -0.25) is 0 Å². The lowest BCUT2D eigenvalue weighted by atomic mass is 9.76. The van der Waals surface area contributed by atoms with Crippen LogP contribution in [0.25, 0.3) is 0 Å². The summed E-state index contributed by atoms with van der Waals surface area (Å²) in [5.74, 6) is 2.66. The molecule has 7 nitrogen and oxygen atoms in total. The summed E-state index contributed by atoms with van der Waals surface area (Å²) in [6.07, 6.45) is 4.21. The molecule has 2 bridgehead atoms. The topological polar surface area (TPSA) is 52.2 Å². The van der Waals surface area contributed by atoms with Crippen molar-refractivity contribution in [3.8, 4) is 23.0 Å². The van der Waals surface area contributed by atoms with Crippen LogP contribution in [0.2, 0.25) is 0 Å². The maximum Gasteiger partial charge on any atom is 0.787 e. The summed E-state index contributed by atoms with van der Waals surface area (Å²) in [5, 5.41) is 0. The Morgan fingerprint density at radius 2 is 0.824 bits per heavy atom. The van der Waals surface area contributed by atoms with E-state index in [1.165, 1.54) is 11.1 Å². The van der Waals surface area contributed by atoms with Gasteiger partial charge in [0, 0.05) is 12.1 Å². The number of fused-ring (bicyclic) bond motifs is 6. The average Bonchev–Trinajstić information content (AvgIpc) is 3.20. The van der Waals surface area contributed by atoms with Crippen LogP contribution in [0, 0.1) is 0 Å². The van der Waals surface area contributed by atoms with Gasteiger partial charge >= 0.3 is 13.8 Å². The molecule has 4 heterocycles. The van der Waals surface area contributed by atoms with E-state index in [1.807, 2.05) is 57.5 Å². The fourth-order valence-electron chi connectivity index (χ4n) is 7.59. The minimum atomic E-state index is -2.82. The zero-order chi connectivity index (χ0) is 36.5. The zero-order valence-electron chi connectivity index (χ0n) is 32.2. The molecule has 0 saturated carbocycles. The second-order valence-electron chi connectivity index (χ2n) is 18.7. The Morgan fingerprint density at radius 1 is 0.451 bits per heavy atom. The summed E-state index contributed by atoms with van der Waals surface area (Å²) >= 11 is 0. The Hall–Kier alpha value is -4.49. The van der Waals surface area contributed by atoms with Gasteiger partial charge in [-0.1, -0.05) is 119 Å². The van der Waals surface area contributed by atoms with Gasteiger partial charge in [-0.25, -0.2) is 0 Å². The van der Waals surface area contributed by atoms with Gasteiger partial charge in [0.2, 0.25) is 0 Å². The molecule has 51 heavy (non-hydrogen) atoms. The molecule has 0 aromatic heterocycles. The highest BCUT2D eigenvalue weighted by Crippen LogP contribution is 2.51. The van der Waals surface area contributed by atoms with Crippen LogP contribution in [-0.4, -0.2) is 35.2 Å². The largest absolute Gasteiger partial charge is 0.787 e. The van der Waals surface area contributed by atoms with Gasteiger partial charge in [0.25, 0.3) is 0 Å². The van der Waals surface area contributed by atoms with Crippen LogP contribution in [0.15, 0.2) is 72.8 Å². The molecule has 0 unspecified atom stereocenters. The van der Waals surface area contributed by atoms with E-state index in [0.717, 1.165) is 45.1 Å². The molecule has 4 aromatic rings. The van der Waals surface area contributed by atoms with Crippen LogP contribution in [0.3, 0.4) is 0 Å². The summed E-state index contributed by atoms with van der Waals surface area (Å²) in [6.45, 7) is 21.1. The zero-order valence-corrected chi connectivity index (χ0v) is 32.2. The number of rotatable bonds is 0. The Kier molecular flexibility index (Phi) is 6.95. The van der Waals surface area contributed by atoms with Crippen molar-refractivity contribution in [3.63, 3.8) is 0 Å². The smallest absolute Gasteiger partial charge is 0.596 e. The Bertz CT molecular complexity index is 2040. The van der Waals surface area contributed by atoms with Crippen LogP contribution in [-0.2, 0) is 26.2 Å². The third-order valence-electron chi connectivity index (χ3n) is 10.5. The fourth-order valence-corrected chi connectivity index (χ4v) is 7.59. The normalized spacial score (nSPS) is 21.9. The number of nitrogens with zero attached hydrogens (tertiary/aromatic N) is 2. The van der Waals surface area contributed by atoms with Crippen molar-refractivity contribution in [2.24, 2.45) is 0 Å². The van der Waals surface area contributed by atoms with Crippen LogP contribution < -0.4 is 18.6 Å². The predicted molar refractivity (Wildman–Crippen MR) is 206 cm³/mol. The molecule has 0 radical (unpaired) electrons. The number of benzene rings is 4. The summed E-state index contributed by atoms with van der Waals surface area (Å²) in [7, 11) is 0. The Balaban J connectivity index is 1.45. The third kappa shape index (κ3) is 5.30. The monoisotopic (exact) mass is 684 g/mol. The quantitative estimate of drug-likeness (QED) is 0.173. The minimum absolute atomic E-state index is 0.0817. The van der Waals surface area contributed by atoms with E-state index in [2.05, 4.69) is 120 Å². The number of hydrogen-bond acceptors (Lipinski definition) is 5. The summed E-state index contributed by atoms with van der Waals surface area (Å²) < 4.78 is 40.3. The molecule has 0 fully saturated rings. The highest BCUT2D eigenvalue weighted by Gasteiger charge is 2.70. The number of para-hydroxylation sites is 4. The summed E-state index contributed by atoms with van der Waals surface area (Å²) in [5.41, 5.74) is 7.35. The Morgan fingerprint density at radius 3 is 1.18 bits per heavy atom. The molecule has 0 N–H and O–H groups in total. The molecule has 4 aliphatic rings. The molecule has 2 spiro atoms. The van der Waals surface area contributed by atoms with Crippen LogP contribution in [0.5, 0.6) is 23.0 Å². The van der Waals surface area contributed by atoms with Crippen molar-refractivity contribution in [2.75, 3.05) is 0 Å². The van der Waals surface area contributed by atoms with E-state index in [9.17, 15) is 0 Å². The SMILES string of the molecule is CC(C)(C)c1cc2c(c(C(C)(C)C)c1)O[B@-]13Oc4ccccc4[N+]4=Cc5cc(C(C)(C)C)cc(C(C)(C)C)c5O[B@@-]4(Oc4ccccc4[N+]1=C2)O3. The average molecular weight is 684 g/mol. The van der Waals surface area contributed by atoms with Crippen molar-refractivity contribution >= 4 is 37.6 Å². The van der Waals surface area contributed by atoms with Gasteiger partial charge in [0.05, 0.1) is 22.6 Å². The molecule has 2 atom stereocenters. The van der Waals surface area contributed by atoms with E-state index in [1.54, 1.807) is 0 Å². The summed E-state index contributed by atoms with van der Waals surface area (Å²) in [4.78, 5) is 0. The fraction of sp³-hybridized carbons (Fsp3) is 0.381. The summed E-state index contributed by atoms with van der Waals surface area (Å²) in [6, 6.07) is 24.9. The maximum atomic E-state index is 7.39. The van der Waals surface area contributed by atoms with Crippen LogP contribution in [0.4, 0.5) is 11.4 Å². The molecular formula is C42H50B2N2O5. The van der Waals surface area contributed by atoms with Crippen molar-refractivity contribution < 1.29 is 32.2 Å². The highest BCUT2D eigenvalue weighted by molar-refractivity contribution is 6.70. The van der Waals surface area contributed by atoms with Crippen molar-refractivity contribution in [1.29, 1.82) is 0 Å². The standard InChI is InChI=1S/C42H50B2N2O5/c1-39(2,3)29-21-27-25-45-33-17-13-15-19-35(33)48-44-46(26-28-22-30(40(4,5)6)24-32(38(28)50-44)42(10,11)12)34-18-14-16-20-36(34)47-43(45,51-44)49-37(27)31(23-29)41(7,8)9/h13-26H,1-12H3/t43-,44-/m1/s1. The lowest BCUT2D eigenvalue weighted by molar-refractivity contribution is -0.373. The van der Waals surface area contributed by atoms with E-state index < -0.39 is 13.8 Å². The first-order valence-electron chi connectivity index (χ1n) is 18.3. The van der Waals surface area contributed by atoms with Crippen molar-refractivity contribution in [2.45, 2.75) is 105 Å². The molecule has 264 valence electrons. The first kappa shape index (κ1) is 33.6. The van der Waals surface area contributed by atoms with E-state index in [0.29, 0.717) is 11.5 Å². The highest BCUT2D eigenvalue weighted by atomic mass is 16.9. The molecule has 4 aromatic carbocycles. The molecule has 9 heteroatoms. The van der Waals surface area contributed by atoms with Gasteiger partial charge in [-0.05, 0) is 68.2 Å². The van der Waals surface area contributed by atoms with E-state index >= 15 is 0 Å². The first-order valence-corrected chi connectivity index (χ1v) is 18.3. The van der Waals surface area contributed by atoms with Gasteiger partial charge < -0.3 is 32.2 Å².